The maximum Gasteiger partial charge on any atom is 0.410 e. The molecule has 1 aliphatic heterocycles. The van der Waals surface area contributed by atoms with Crippen molar-refractivity contribution in [3.05, 3.63) is 23.8 Å². The van der Waals surface area contributed by atoms with Crippen molar-refractivity contribution in [3.8, 4) is 0 Å². The number of likely N-dealkylation sites (tertiary alicyclic amines) is 1. The van der Waals surface area contributed by atoms with Gasteiger partial charge in [-0.05, 0) is 81.9 Å². The summed E-state index contributed by atoms with van der Waals surface area (Å²) in [5.41, 5.74) is 9.36. The van der Waals surface area contributed by atoms with Crippen molar-refractivity contribution in [2.75, 3.05) is 18.8 Å². The molecule has 1 saturated carbocycles. The van der Waals surface area contributed by atoms with Crippen LogP contribution in [-0.4, -0.2) is 39.2 Å². The molecule has 2 aromatic rings. The number of fused-ring (bicyclic) bond motifs is 1. The van der Waals surface area contributed by atoms with Gasteiger partial charge in [0, 0.05) is 19.1 Å². The highest BCUT2D eigenvalue weighted by Gasteiger charge is 2.32. The van der Waals surface area contributed by atoms with Crippen LogP contribution in [0, 0.1) is 11.8 Å². The Morgan fingerprint density at radius 3 is 2.37 bits per heavy atom. The summed E-state index contributed by atoms with van der Waals surface area (Å²) in [5.74, 6) is 2.51. The van der Waals surface area contributed by atoms with Gasteiger partial charge in [0.2, 0.25) is 5.95 Å². The van der Waals surface area contributed by atoms with Crippen LogP contribution in [0.1, 0.15) is 77.8 Å². The summed E-state index contributed by atoms with van der Waals surface area (Å²) >= 11 is 0. The lowest BCUT2D eigenvalue weighted by atomic mass is 9.89. The smallest absolute Gasteiger partial charge is 0.410 e. The number of benzene rings is 1. The number of nitrogens with zero attached hydrogens (tertiary/aromatic N) is 3. The molecule has 2 fully saturated rings. The average Bonchev–Trinajstić information content (AvgIpc) is 3.17. The number of amides is 1. The van der Waals surface area contributed by atoms with E-state index >= 15 is 0 Å². The Balaban J connectivity index is 1.51. The van der Waals surface area contributed by atoms with Gasteiger partial charge in [-0.1, -0.05) is 19.9 Å². The van der Waals surface area contributed by atoms with Gasteiger partial charge < -0.3 is 19.9 Å². The minimum Gasteiger partial charge on any atom is -0.444 e. The van der Waals surface area contributed by atoms with E-state index in [1.807, 2.05) is 25.7 Å². The number of aromatic nitrogens is 2. The molecule has 30 heavy (non-hydrogen) atoms. The number of imidazole rings is 1. The van der Waals surface area contributed by atoms with Crippen molar-refractivity contribution in [2.45, 2.75) is 77.9 Å². The third kappa shape index (κ3) is 4.14. The molecule has 0 bridgehead atoms. The second-order valence-corrected chi connectivity index (χ2v) is 10.4. The third-order valence-electron chi connectivity index (χ3n) is 6.98. The van der Waals surface area contributed by atoms with Crippen LogP contribution in [0.15, 0.2) is 18.2 Å². The molecule has 2 heterocycles. The van der Waals surface area contributed by atoms with Crippen molar-refractivity contribution < 1.29 is 9.53 Å². The lowest BCUT2D eigenvalue weighted by Crippen LogP contribution is -2.41. The predicted octanol–water partition coefficient (Wildman–Crippen LogP) is 5.34. The minimum absolute atomic E-state index is 0.202. The van der Waals surface area contributed by atoms with E-state index < -0.39 is 5.60 Å². The number of rotatable bonds is 2. The summed E-state index contributed by atoms with van der Waals surface area (Å²) in [6, 6.07) is 7.02. The second-order valence-electron chi connectivity index (χ2n) is 10.4. The molecule has 1 aliphatic carbocycles. The van der Waals surface area contributed by atoms with Crippen LogP contribution in [0.5, 0.6) is 0 Å². The van der Waals surface area contributed by atoms with E-state index in [0.717, 1.165) is 49.8 Å². The van der Waals surface area contributed by atoms with E-state index in [-0.39, 0.29) is 6.09 Å². The number of ether oxygens (including phenoxy) is 1. The number of carbonyl (C=O) groups is 1. The molecular weight excluding hydrogens is 376 g/mol. The van der Waals surface area contributed by atoms with Crippen molar-refractivity contribution >= 4 is 23.1 Å². The maximum atomic E-state index is 12.4. The molecule has 0 spiro atoms. The van der Waals surface area contributed by atoms with Crippen LogP contribution in [0.2, 0.25) is 0 Å². The zero-order valence-corrected chi connectivity index (χ0v) is 19.0. The SMILES string of the molecule is C[C@H]1CC(n2c(N)nc3ccc(C4CCN(C(=O)OC(C)(C)C)CC4)cc32)C[C@@H]1C. The van der Waals surface area contributed by atoms with Crippen molar-refractivity contribution in [2.24, 2.45) is 11.8 Å². The summed E-state index contributed by atoms with van der Waals surface area (Å²) in [7, 11) is 0. The highest BCUT2D eigenvalue weighted by atomic mass is 16.6. The van der Waals surface area contributed by atoms with E-state index in [1.165, 1.54) is 5.56 Å². The van der Waals surface area contributed by atoms with Crippen molar-refractivity contribution in [3.63, 3.8) is 0 Å². The summed E-state index contributed by atoms with van der Waals surface area (Å²) in [6.45, 7) is 11.9. The van der Waals surface area contributed by atoms with E-state index in [2.05, 4.69) is 41.6 Å². The fourth-order valence-electron chi connectivity index (χ4n) is 5.12. The molecule has 1 aromatic heterocycles. The largest absolute Gasteiger partial charge is 0.444 e. The van der Waals surface area contributed by atoms with Crippen molar-refractivity contribution in [1.29, 1.82) is 0 Å². The Hall–Kier alpha value is -2.24. The Bertz CT molecular complexity index is 911. The molecular formula is C24H36N4O2. The third-order valence-corrected chi connectivity index (χ3v) is 6.98. The highest BCUT2D eigenvalue weighted by molar-refractivity contribution is 5.79. The standard InChI is InChI=1S/C24H36N4O2/c1-15-12-19(13-16(15)2)28-21-14-18(6-7-20(21)26-22(28)25)17-8-10-27(11-9-17)23(29)30-24(3,4)5/h6-7,14-17,19H,8-13H2,1-5H3,(H2,25,26)/t15-,16-/m0/s1. The van der Waals surface area contributed by atoms with Gasteiger partial charge in [0.25, 0.3) is 0 Å². The molecule has 1 saturated heterocycles. The van der Waals surface area contributed by atoms with Gasteiger partial charge in [0.15, 0.2) is 0 Å². The zero-order chi connectivity index (χ0) is 21.6. The van der Waals surface area contributed by atoms with E-state index in [4.69, 9.17) is 10.5 Å². The summed E-state index contributed by atoms with van der Waals surface area (Å²) < 4.78 is 7.80. The van der Waals surface area contributed by atoms with Crippen LogP contribution in [-0.2, 0) is 4.74 Å². The lowest BCUT2D eigenvalue weighted by Gasteiger charge is -2.33. The van der Waals surface area contributed by atoms with Gasteiger partial charge in [-0.2, -0.15) is 0 Å². The molecule has 0 unspecified atom stereocenters. The van der Waals surface area contributed by atoms with Gasteiger partial charge in [-0.3, -0.25) is 0 Å². The Morgan fingerprint density at radius 1 is 1.13 bits per heavy atom. The number of nitrogens with two attached hydrogens (primary N) is 1. The monoisotopic (exact) mass is 412 g/mol. The van der Waals surface area contributed by atoms with Gasteiger partial charge in [-0.15, -0.1) is 0 Å². The van der Waals surface area contributed by atoms with E-state index in [1.54, 1.807) is 0 Å². The maximum absolute atomic E-state index is 12.4. The number of anilines is 1. The topological polar surface area (TPSA) is 73.4 Å². The number of hydrogen-bond donors (Lipinski definition) is 1. The molecule has 164 valence electrons. The number of carbonyl (C=O) groups excluding carboxylic acids is 1. The number of hydrogen-bond acceptors (Lipinski definition) is 4. The Kier molecular flexibility index (Phi) is 5.45. The summed E-state index contributed by atoms with van der Waals surface area (Å²) in [4.78, 5) is 18.8. The Labute approximate surface area is 179 Å². The van der Waals surface area contributed by atoms with Crippen LogP contribution < -0.4 is 5.73 Å². The highest BCUT2D eigenvalue weighted by Crippen LogP contribution is 2.42. The lowest BCUT2D eigenvalue weighted by molar-refractivity contribution is 0.0205. The number of nitrogen functional groups attached to an aromatic ring is 1. The second kappa shape index (κ2) is 7.78. The van der Waals surface area contributed by atoms with Crippen LogP contribution in [0.3, 0.4) is 0 Å². The van der Waals surface area contributed by atoms with Crippen LogP contribution >= 0.6 is 0 Å². The van der Waals surface area contributed by atoms with Crippen molar-refractivity contribution in [1.82, 2.24) is 14.5 Å². The molecule has 6 heteroatoms. The molecule has 1 amide bonds. The molecule has 1 aromatic carbocycles. The first-order chi connectivity index (χ1) is 14.1. The Morgan fingerprint density at radius 2 is 1.77 bits per heavy atom. The normalized spacial score (nSPS) is 24.0. The average molecular weight is 413 g/mol. The molecule has 4 rings (SSSR count). The fourth-order valence-corrected chi connectivity index (χ4v) is 5.12. The van der Waals surface area contributed by atoms with Gasteiger partial charge in [0.1, 0.15) is 5.60 Å². The summed E-state index contributed by atoms with van der Waals surface area (Å²) in [5, 5.41) is 0. The fraction of sp³-hybridized carbons (Fsp3) is 0.667. The quantitative estimate of drug-likeness (QED) is 0.722. The first kappa shape index (κ1) is 21.0. The molecule has 2 N–H and O–H groups in total. The van der Waals surface area contributed by atoms with Gasteiger partial charge in [-0.25, -0.2) is 9.78 Å². The van der Waals surface area contributed by atoms with Gasteiger partial charge >= 0.3 is 6.09 Å². The molecule has 2 atom stereocenters. The van der Waals surface area contributed by atoms with E-state index in [9.17, 15) is 4.79 Å². The first-order valence-electron chi connectivity index (χ1n) is 11.4. The zero-order valence-electron chi connectivity index (χ0n) is 19.0. The minimum atomic E-state index is -0.452. The molecule has 2 aliphatic rings. The van der Waals surface area contributed by atoms with Crippen LogP contribution in [0.4, 0.5) is 10.7 Å². The van der Waals surface area contributed by atoms with Crippen LogP contribution in [0.25, 0.3) is 11.0 Å². The van der Waals surface area contributed by atoms with Gasteiger partial charge in [0.05, 0.1) is 11.0 Å². The summed E-state index contributed by atoms with van der Waals surface area (Å²) in [6.07, 6.45) is 4.02. The predicted molar refractivity (Wildman–Crippen MR) is 121 cm³/mol. The number of piperidine rings is 1. The first-order valence-corrected chi connectivity index (χ1v) is 11.4. The molecule has 6 nitrogen and oxygen atoms in total. The van der Waals surface area contributed by atoms with E-state index in [0.29, 0.717) is 29.7 Å². The molecule has 0 radical (unpaired) electrons.